The highest BCUT2D eigenvalue weighted by atomic mass is 16.4. The second-order valence-corrected chi connectivity index (χ2v) is 7.11. The molecule has 0 radical (unpaired) electrons. The highest BCUT2D eigenvalue weighted by Gasteiger charge is 2.38. The Bertz CT molecular complexity index is 395. The van der Waals surface area contributed by atoms with E-state index in [0.29, 0.717) is 18.5 Å². The molecule has 1 N–H and O–H groups in total. The zero-order chi connectivity index (χ0) is 14.9. The first-order valence-corrected chi connectivity index (χ1v) is 7.57. The number of hydrogen-bond acceptors (Lipinski definition) is 2. The summed E-state index contributed by atoms with van der Waals surface area (Å²) in [7, 11) is 0. The van der Waals surface area contributed by atoms with Crippen LogP contribution in [0, 0.1) is 17.3 Å². The van der Waals surface area contributed by atoms with Crippen LogP contribution in [0.25, 0.3) is 0 Å². The van der Waals surface area contributed by atoms with Crippen LogP contribution < -0.4 is 0 Å². The van der Waals surface area contributed by atoms with Crippen molar-refractivity contribution in [2.45, 2.75) is 40.0 Å². The van der Waals surface area contributed by atoms with E-state index in [0.717, 1.165) is 32.4 Å². The third-order valence-corrected chi connectivity index (χ3v) is 4.81. The first kappa shape index (κ1) is 15.1. The monoisotopic (exact) mass is 282 g/mol. The first-order chi connectivity index (χ1) is 9.30. The summed E-state index contributed by atoms with van der Waals surface area (Å²) in [5, 5.41) is 9.16. The minimum Gasteiger partial charge on any atom is -0.481 e. The Kier molecular flexibility index (Phi) is 4.25. The molecule has 2 amide bonds. The SMILES string of the molecule is C[C@@H]1CN(C(=O)N2CCCC(C)(C)CC2)C[C@H]1C(=O)O. The third kappa shape index (κ3) is 3.25. The lowest BCUT2D eigenvalue weighted by Gasteiger charge is -2.27. The van der Waals surface area contributed by atoms with Crippen molar-refractivity contribution in [1.29, 1.82) is 0 Å². The van der Waals surface area contributed by atoms with Gasteiger partial charge in [0, 0.05) is 26.2 Å². The van der Waals surface area contributed by atoms with Gasteiger partial charge in [0.15, 0.2) is 0 Å². The minimum atomic E-state index is -0.787. The largest absolute Gasteiger partial charge is 0.481 e. The van der Waals surface area contributed by atoms with Crippen LogP contribution in [0.2, 0.25) is 0 Å². The van der Waals surface area contributed by atoms with Crippen LogP contribution in [0.15, 0.2) is 0 Å². The van der Waals surface area contributed by atoms with Gasteiger partial charge in [0.05, 0.1) is 5.92 Å². The van der Waals surface area contributed by atoms with Crippen LogP contribution in [0.5, 0.6) is 0 Å². The van der Waals surface area contributed by atoms with E-state index in [-0.39, 0.29) is 11.9 Å². The van der Waals surface area contributed by atoms with E-state index < -0.39 is 11.9 Å². The standard InChI is InChI=1S/C15H26N2O3/c1-11-9-17(10-12(11)13(18)19)14(20)16-7-4-5-15(2,3)6-8-16/h11-12H,4-10H2,1-3H3,(H,18,19)/t11-,12-/m1/s1. The summed E-state index contributed by atoms with van der Waals surface area (Å²) in [6.07, 6.45) is 3.19. The molecular weight excluding hydrogens is 256 g/mol. The van der Waals surface area contributed by atoms with Crippen molar-refractivity contribution < 1.29 is 14.7 Å². The summed E-state index contributed by atoms with van der Waals surface area (Å²) in [4.78, 5) is 27.3. The highest BCUT2D eigenvalue weighted by Crippen LogP contribution is 2.31. The quantitative estimate of drug-likeness (QED) is 0.802. The maximum Gasteiger partial charge on any atom is 0.320 e. The van der Waals surface area contributed by atoms with E-state index in [4.69, 9.17) is 5.11 Å². The molecule has 0 aromatic rings. The average molecular weight is 282 g/mol. The maximum absolute atomic E-state index is 12.5. The molecule has 2 fully saturated rings. The molecule has 0 aliphatic carbocycles. The number of likely N-dealkylation sites (tertiary alicyclic amines) is 2. The predicted molar refractivity (Wildman–Crippen MR) is 76.5 cm³/mol. The lowest BCUT2D eigenvalue weighted by Crippen LogP contribution is -2.43. The fraction of sp³-hybridized carbons (Fsp3) is 0.867. The number of carboxylic acid groups (broad SMARTS) is 1. The van der Waals surface area contributed by atoms with Gasteiger partial charge < -0.3 is 14.9 Å². The van der Waals surface area contributed by atoms with Crippen molar-refractivity contribution in [3.63, 3.8) is 0 Å². The van der Waals surface area contributed by atoms with Crippen molar-refractivity contribution >= 4 is 12.0 Å². The Hall–Kier alpha value is -1.26. The van der Waals surface area contributed by atoms with Gasteiger partial charge in [0.25, 0.3) is 0 Å². The van der Waals surface area contributed by atoms with Gasteiger partial charge in [-0.15, -0.1) is 0 Å². The number of urea groups is 1. The molecule has 0 bridgehead atoms. The van der Waals surface area contributed by atoms with E-state index >= 15 is 0 Å². The van der Waals surface area contributed by atoms with Crippen LogP contribution >= 0.6 is 0 Å². The first-order valence-electron chi connectivity index (χ1n) is 7.57. The molecule has 0 spiro atoms. The number of amides is 2. The Morgan fingerprint density at radius 1 is 1.10 bits per heavy atom. The molecule has 2 aliphatic heterocycles. The van der Waals surface area contributed by atoms with Crippen LogP contribution in [0.3, 0.4) is 0 Å². The van der Waals surface area contributed by atoms with Crippen molar-refractivity contribution in [3.8, 4) is 0 Å². The summed E-state index contributed by atoms with van der Waals surface area (Å²) >= 11 is 0. The lowest BCUT2D eigenvalue weighted by molar-refractivity contribution is -0.142. The van der Waals surface area contributed by atoms with Gasteiger partial charge in [-0.1, -0.05) is 20.8 Å². The molecule has 2 saturated heterocycles. The zero-order valence-corrected chi connectivity index (χ0v) is 12.8. The topological polar surface area (TPSA) is 60.9 Å². The number of nitrogens with zero attached hydrogens (tertiary/aromatic N) is 2. The summed E-state index contributed by atoms with van der Waals surface area (Å²) in [6.45, 7) is 8.92. The van der Waals surface area contributed by atoms with Crippen LogP contribution in [0.1, 0.15) is 40.0 Å². The summed E-state index contributed by atoms with van der Waals surface area (Å²) in [5.74, 6) is -1.16. The summed E-state index contributed by atoms with van der Waals surface area (Å²) in [5.41, 5.74) is 0.303. The molecule has 2 rings (SSSR count). The molecule has 0 aromatic carbocycles. The number of carbonyl (C=O) groups excluding carboxylic acids is 1. The molecule has 114 valence electrons. The number of aliphatic carboxylic acids is 1. The molecule has 20 heavy (non-hydrogen) atoms. The van der Waals surface area contributed by atoms with Crippen molar-refractivity contribution in [2.24, 2.45) is 17.3 Å². The van der Waals surface area contributed by atoms with Crippen molar-refractivity contribution in [2.75, 3.05) is 26.2 Å². The molecule has 0 unspecified atom stereocenters. The van der Waals surface area contributed by atoms with Gasteiger partial charge in [0.1, 0.15) is 0 Å². The lowest BCUT2D eigenvalue weighted by atomic mass is 9.85. The fourth-order valence-electron chi connectivity index (χ4n) is 3.26. The van der Waals surface area contributed by atoms with Gasteiger partial charge in [-0.2, -0.15) is 0 Å². The maximum atomic E-state index is 12.5. The van der Waals surface area contributed by atoms with Crippen LogP contribution in [-0.4, -0.2) is 53.1 Å². The minimum absolute atomic E-state index is 0.0262. The molecule has 5 nitrogen and oxygen atoms in total. The van der Waals surface area contributed by atoms with Crippen LogP contribution in [-0.2, 0) is 4.79 Å². The zero-order valence-electron chi connectivity index (χ0n) is 12.8. The smallest absolute Gasteiger partial charge is 0.320 e. The van der Waals surface area contributed by atoms with E-state index in [2.05, 4.69) is 13.8 Å². The normalized spacial score (nSPS) is 30.1. The predicted octanol–water partition coefficient (Wildman–Crippen LogP) is 2.27. The van der Waals surface area contributed by atoms with Crippen molar-refractivity contribution in [3.05, 3.63) is 0 Å². The Balaban J connectivity index is 1.97. The van der Waals surface area contributed by atoms with E-state index in [1.165, 1.54) is 0 Å². The Morgan fingerprint density at radius 2 is 1.80 bits per heavy atom. The van der Waals surface area contributed by atoms with E-state index in [1.807, 2.05) is 11.8 Å². The number of hydrogen-bond donors (Lipinski definition) is 1. The number of carboxylic acids is 1. The van der Waals surface area contributed by atoms with Gasteiger partial charge in [0.2, 0.25) is 0 Å². The van der Waals surface area contributed by atoms with E-state index in [1.54, 1.807) is 4.90 Å². The molecule has 0 aromatic heterocycles. The summed E-state index contributed by atoms with van der Waals surface area (Å²) < 4.78 is 0. The molecule has 2 heterocycles. The average Bonchev–Trinajstić information content (AvgIpc) is 2.65. The molecule has 5 heteroatoms. The highest BCUT2D eigenvalue weighted by molar-refractivity contribution is 5.77. The molecule has 2 atom stereocenters. The molecular formula is C15H26N2O3. The Morgan fingerprint density at radius 3 is 2.40 bits per heavy atom. The van der Waals surface area contributed by atoms with Crippen molar-refractivity contribution in [1.82, 2.24) is 9.80 Å². The molecule has 2 aliphatic rings. The van der Waals surface area contributed by atoms with E-state index in [9.17, 15) is 9.59 Å². The third-order valence-electron chi connectivity index (χ3n) is 4.81. The summed E-state index contributed by atoms with van der Waals surface area (Å²) in [6, 6.07) is 0.0262. The van der Waals surface area contributed by atoms with Gasteiger partial charge >= 0.3 is 12.0 Å². The Labute approximate surface area is 120 Å². The number of carbonyl (C=O) groups is 2. The van der Waals surface area contributed by atoms with Crippen LogP contribution in [0.4, 0.5) is 4.79 Å². The van der Waals surface area contributed by atoms with Gasteiger partial charge in [-0.25, -0.2) is 4.79 Å². The van der Waals surface area contributed by atoms with Gasteiger partial charge in [-0.3, -0.25) is 4.79 Å². The van der Waals surface area contributed by atoms with Gasteiger partial charge in [-0.05, 0) is 30.6 Å². The molecule has 0 saturated carbocycles. The second-order valence-electron chi connectivity index (χ2n) is 7.11. The number of rotatable bonds is 1. The second kappa shape index (κ2) is 5.62. The fourth-order valence-corrected chi connectivity index (χ4v) is 3.26.